The number of amides is 1. The summed E-state index contributed by atoms with van der Waals surface area (Å²) < 4.78 is 5.57. The van der Waals surface area contributed by atoms with Crippen LogP contribution in [0.2, 0.25) is 10.0 Å². The minimum atomic E-state index is -0.296. The summed E-state index contributed by atoms with van der Waals surface area (Å²) in [7, 11) is 0. The lowest BCUT2D eigenvalue weighted by molar-refractivity contribution is -0.118. The van der Waals surface area contributed by atoms with E-state index in [1.54, 1.807) is 12.1 Å². The van der Waals surface area contributed by atoms with Crippen molar-refractivity contribution >= 4 is 51.4 Å². The lowest BCUT2D eigenvalue weighted by atomic mass is 10.2. The van der Waals surface area contributed by atoms with Crippen molar-refractivity contribution < 1.29 is 9.53 Å². The number of ether oxygens (including phenoxy) is 1. The summed E-state index contributed by atoms with van der Waals surface area (Å²) in [5, 5.41) is 4.19. The van der Waals surface area contributed by atoms with Gasteiger partial charge in [-0.05, 0) is 50.2 Å². The number of hydrogen-bond acceptors (Lipinski definition) is 5. The van der Waals surface area contributed by atoms with Gasteiger partial charge in [-0.1, -0.05) is 23.2 Å². The van der Waals surface area contributed by atoms with Gasteiger partial charge in [0.1, 0.15) is 6.33 Å². The van der Waals surface area contributed by atoms with Crippen LogP contribution in [0.15, 0.2) is 42.7 Å². The number of halogens is 2. The molecule has 3 aromatic rings. The van der Waals surface area contributed by atoms with Crippen LogP contribution in [0.5, 0.6) is 5.88 Å². The van der Waals surface area contributed by atoms with E-state index in [9.17, 15) is 4.79 Å². The Bertz CT molecular complexity index is 976. The first-order valence-electron chi connectivity index (χ1n) is 8.89. The van der Waals surface area contributed by atoms with Crippen LogP contribution in [-0.2, 0) is 4.79 Å². The van der Waals surface area contributed by atoms with Crippen molar-refractivity contribution in [3.63, 3.8) is 0 Å². The van der Waals surface area contributed by atoms with Gasteiger partial charge in [-0.25, -0.2) is 9.97 Å². The summed E-state index contributed by atoms with van der Waals surface area (Å²) in [5.74, 6) is -0.0445. The molecule has 0 bridgehead atoms. The van der Waals surface area contributed by atoms with Crippen LogP contribution in [-0.4, -0.2) is 35.6 Å². The number of nitrogens with one attached hydrogen (secondary N) is 1. The van der Waals surface area contributed by atoms with Crippen LogP contribution >= 0.6 is 23.2 Å². The van der Waals surface area contributed by atoms with Crippen molar-refractivity contribution in [2.75, 3.05) is 29.9 Å². The number of rotatable bonds is 7. The van der Waals surface area contributed by atoms with Gasteiger partial charge in [-0.15, -0.1) is 0 Å². The molecule has 0 saturated carbocycles. The fourth-order valence-electron chi connectivity index (χ4n) is 2.86. The summed E-state index contributed by atoms with van der Waals surface area (Å²) in [6.45, 7) is 5.86. The zero-order valence-corrected chi connectivity index (χ0v) is 17.1. The van der Waals surface area contributed by atoms with Crippen molar-refractivity contribution in [1.29, 1.82) is 0 Å². The summed E-state index contributed by atoms with van der Waals surface area (Å²) in [4.78, 5) is 22.7. The summed E-state index contributed by atoms with van der Waals surface area (Å²) in [5.41, 5.74) is 2.33. The number of carbonyl (C=O) groups is 1. The van der Waals surface area contributed by atoms with E-state index in [1.165, 1.54) is 6.33 Å². The Labute approximate surface area is 173 Å². The Morgan fingerprint density at radius 3 is 2.50 bits per heavy atom. The molecule has 0 unspecified atom stereocenters. The first-order chi connectivity index (χ1) is 13.5. The molecule has 1 N–H and O–H groups in total. The van der Waals surface area contributed by atoms with Gasteiger partial charge in [-0.3, -0.25) is 4.79 Å². The van der Waals surface area contributed by atoms with Crippen LogP contribution in [0.3, 0.4) is 0 Å². The number of fused-ring (bicyclic) bond motifs is 1. The van der Waals surface area contributed by atoms with E-state index in [4.69, 9.17) is 27.9 Å². The third-order valence-electron chi connectivity index (χ3n) is 4.24. The molecule has 0 aliphatic rings. The van der Waals surface area contributed by atoms with Gasteiger partial charge in [0, 0.05) is 29.5 Å². The Balaban J connectivity index is 1.66. The molecule has 6 nitrogen and oxygen atoms in total. The maximum absolute atomic E-state index is 12.2. The molecule has 146 valence electrons. The number of anilines is 2. The molecule has 0 aliphatic heterocycles. The molecule has 3 rings (SSSR count). The van der Waals surface area contributed by atoms with Crippen LogP contribution in [0.1, 0.15) is 13.8 Å². The molecule has 1 heterocycles. The van der Waals surface area contributed by atoms with E-state index in [1.807, 2.05) is 24.3 Å². The number of benzene rings is 2. The monoisotopic (exact) mass is 418 g/mol. The molecule has 0 aliphatic carbocycles. The average Bonchev–Trinajstić information content (AvgIpc) is 2.68. The molecule has 0 fully saturated rings. The highest BCUT2D eigenvalue weighted by molar-refractivity contribution is 6.38. The number of carbonyl (C=O) groups excluding carboxylic acids is 1. The Morgan fingerprint density at radius 2 is 1.82 bits per heavy atom. The van der Waals surface area contributed by atoms with E-state index < -0.39 is 0 Å². The fourth-order valence-corrected chi connectivity index (χ4v) is 3.40. The number of hydrogen-bond donors (Lipinski definition) is 1. The molecule has 28 heavy (non-hydrogen) atoms. The molecule has 1 aromatic heterocycles. The van der Waals surface area contributed by atoms with E-state index in [2.05, 4.69) is 34.0 Å². The Hall–Kier alpha value is -2.57. The number of aromatic nitrogens is 2. The third-order valence-corrected chi connectivity index (χ3v) is 4.75. The SMILES string of the molecule is CCN(CC)c1ccc(NC(=O)COc2ncnc3c(Cl)cc(Cl)cc23)cc1. The van der Waals surface area contributed by atoms with Crippen molar-refractivity contribution in [2.45, 2.75) is 13.8 Å². The topological polar surface area (TPSA) is 67.4 Å². The van der Waals surface area contributed by atoms with Gasteiger partial charge < -0.3 is 15.0 Å². The van der Waals surface area contributed by atoms with Crippen molar-refractivity contribution in [3.05, 3.63) is 52.8 Å². The van der Waals surface area contributed by atoms with Gasteiger partial charge >= 0.3 is 0 Å². The largest absolute Gasteiger partial charge is 0.467 e. The zero-order valence-electron chi connectivity index (χ0n) is 15.6. The van der Waals surface area contributed by atoms with E-state index in [-0.39, 0.29) is 18.4 Å². The Kier molecular flexibility index (Phi) is 6.54. The highest BCUT2D eigenvalue weighted by Crippen LogP contribution is 2.30. The van der Waals surface area contributed by atoms with Crippen LogP contribution in [0.4, 0.5) is 11.4 Å². The van der Waals surface area contributed by atoms with E-state index in [0.717, 1.165) is 18.8 Å². The first-order valence-corrected chi connectivity index (χ1v) is 9.64. The van der Waals surface area contributed by atoms with Gasteiger partial charge in [0.25, 0.3) is 5.91 Å². The van der Waals surface area contributed by atoms with Crippen molar-refractivity contribution in [1.82, 2.24) is 9.97 Å². The summed E-state index contributed by atoms with van der Waals surface area (Å²) >= 11 is 12.2. The molecule has 0 atom stereocenters. The second kappa shape index (κ2) is 9.08. The molecule has 1 amide bonds. The maximum atomic E-state index is 12.2. The second-order valence-corrected chi connectivity index (χ2v) is 6.86. The molecular formula is C20H20Cl2N4O2. The van der Waals surface area contributed by atoms with Crippen LogP contribution in [0.25, 0.3) is 10.9 Å². The molecule has 2 aromatic carbocycles. The third kappa shape index (κ3) is 4.64. The average molecular weight is 419 g/mol. The summed E-state index contributed by atoms with van der Waals surface area (Å²) in [6.07, 6.45) is 1.33. The molecular weight excluding hydrogens is 399 g/mol. The molecule has 8 heteroatoms. The quantitative estimate of drug-likeness (QED) is 0.596. The summed E-state index contributed by atoms with van der Waals surface area (Å²) in [6, 6.07) is 10.9. The highest BCUT2D eigenvalue weighted by atomic mass is 35.5. The van der Waals surface area contributed by atoms with Crippen LogP contribution in [0, 0.1) is 0 Å². The van der Waals surface area contributed by atoms with Crippen LogP contribution < -0.4 is 15.0 Å². The standard InChI is InChI=1S/C20H20Cl2N4O2/c1-3-26(4-2)15-7-5-14(6-8-15)25-18(27)11-28-20-16-9-13(21)10-17(22)19(16)23-12-24-20/h5-10,12H,3-4,11H2,1-2H3,(H,25,27). The lowest BCUT2D eigenvalue weighted by Gasteiger charge is -2.21. The maximum Gasteiger partial charge on any atom is 0.262 e. The van der Waals surface area contributed by atoms with Gasteiger partial charge in [0.2, 0.25) is 5.88 Å². The van der Waals surface area contributed by atoms with Gasteiger partial charge in [0.15, 0.2) is 6.61 Å². The lowest BCUT2D eigenvalue weighted by Crippen LogP contribution is -2.22. The predicted octanol–water partition coefficient (Wildman–Crippen LogP) is 4.80. The number of nitrogens with zero attached hydrogens (tertiary/aromatic N) is 3. The molecule has 0 spiro atoms. The van der Waals surface area contributed by atoms with E-state index in [0.29, 0.717) is 26.6 Å². The van der Waals surface area contributed by atoms with Crippen molar-refractivity contribution in [3.8, 4) is 5.88 Å². The fraction of sp³-hybridized carbons (Fsp3) is 0.250. The zero-order chi connectivity index (χ0) is 20.1. The first kappa shape index (κ1) is 20.2. The van der Waals surface area contributed by atoms with Crippen molar-refractivity contribution in [2.24, 2.45) is 0 Å². The normalized spacial score (nSPS) is 10.7. The molecule has 0 saturated heterocycles. The van der Waals surface area contributed by atoms with Gasteiger partial charge in [0.05, 0.1) is 15.9 Å². The smallest absolute Gasteiger partial charge is 0.262 e. The minimum absolute atomic E-state index is 0.200. The van der Waals surface area contributed by atoms with Gasteiger partial charge in [-0.2, -0.15) is 0 Å². The second-order valence-electron chi connectivity index (χ2n) is 6.02. The molecule has 0 radical (unpaired) electrons. The predicted molar refractivity (Wildman–Crippen MR) is 114 cm³/mol. The van der Waals surface area contributed by atoms with E-state index >= 15 is 0 Å². The Morgan fingerprint density at radius 1 is 1.11 bits per heavy atom. The highest BCUT2D eigenvalue weighted by Gasteiger charge is 2.12. The minimum Gasteiger partial charge on any atom is -0.467 e.